The van der Waals surface area contributed by atoms with Crippen molar-refractivity contribution in [3.8, 4) is 28.2 Å². The van der Waals surface area contributed by atoms with Gasteiger partial charge in [-0.15, -0.1) is 23.4 Å². The van der Waals surface area contributed by atoms with Crippen molar-refractivity contribution < 1.29 is 35.9 Å². The second kappa shape index (κ2) is 9.04. The molecule has 0 bridgehead atoms. The minimum Gasteiger partial charge on any atom is -0.406 e. The molecule has 0 amide bonds. The lowest BCUT2D eigenvalue weighted by atomic mass is 10.1. The monoisotopic (exact) mass is 502 g/mol. The van der Waals surface area contributed by atoms with Crippen molar-refractivity contribution in [1.29, 1.82) is 0 Å². The van der Waals surface area contributed by atoms with E-state index in [0.29, 0.717) is 16.9 Å². The fraction of sp³-hybridized carbons (Fsp3) is 0.125. The van der Waals surface area contributed by atoms with Crippen molar-refractivity contribution in [2.24, 2.45) is 0 Å². The maximum Gasteiger partial charge on any atom is 0.573 e. The fourth-order valence-electron chi connectivity index (χ4n) is 3.46. The van der Waals surface area contributed by atoms with Crippen LogP contribution in [0.25, 0.3) is 28.1 Å². The van der Waals surface area contributed by atoms with Crippen LogP contribution in [0.5, 0.6) is 5.75 Å². The van der Waals surface area contributed by atoms with Gasteiger partial charge in [-0.1, -0.05) is 47.6 Å². The molecule has 5 rings (SSSR count). The molecule has 5 aromatic rings. The molecule has 0 spiro atoms. The summed E-state index contributed by atoms with van der Waals surface area (Å²) in [5, 5.41) is 11.1. The van der Waals surface area contributed by atoms with Crippen molar-refractivity contribution in [3.05, 3.63) is 90.5 Å². The van der Waals surface area contributed by atoms with Gasteiger partial charge in [-0.25, -0.2) is 0 Å². The first-order chi connectivity index (χ1) is 17.2. The van der Waals surface area contributed by atoms with Crippen LogP contribution in [0.2, 0.25) is 0 Å². The molecular weight excluding hydrogens is 487 g/mol. The second-order valence-electron chi connectivity index (χ2n) is 7.60. The topological polar surface area (TPSA) is 74.7 Å². The van der Waals surface area contributed by atoms with Crippen LogP contribution in [0, 0.1) is 0 Å². The standard InChI is InChI=1S/C24H15F5N4O3/c25-23(26,34-14-18-12-20(36-32-18)16-4-2-1-3-5-16)22-31-30-21-11-8-17(13-33(21)22)15-6-9-19(10-7-15)35-24(27,28)29/h1-13H,14H2. The predicted octanol–water partition coefficient (Wildman–Crippen LogP) is 6.22. The average Bonchev–Trinajstić information content (AvgIpc) is 3.50. The first-order valence-electron chi connectivity index (χ1n) is 10.4. The van der Waals surface area contributed by atoms with Gasteiger partial charge in [-0.3, -0.25) is 4.40 Å². The fourth-order valence-corrected chi connectivity index (χ4v) is 3.46. The normalized spacial score (nSPS) is 12.2. The van der Waals surface area contributed by atoms with Crippen molar-refractivity contribution in [1.82, 2.24) is 19.8 Å². The highest BCUT2D eigenvalue weighted by atomic mass is 19.4. The Bertz CT molecular complexity index is 1480. The molecule has 7 nitrogen and oxygen atoms in total. The number of fused-ring (bicyclic) bond motifs is 1. The van der Waals surface area contributed by atoms with E-state index in [1.807, 2.05) is 6.07 Å². The number of nitrogens with zero attached hydrogens (tertiary/aromatic N) is 4. The smallest absolute Gasteiger partial charge is 0.406 e. The van der Waals surface area contributed by atoms with Crippen molar-refractivity contribution in [2.75, 3.05) is 0 Å². The lowest BCUT2D eigenvalue weighted by Gasteiger charge is -2.14. The quantitative estimate of drug-likeness (QED) is 0.246. The molecule has 0 aliphatic heterocycles. The van der Waals surface area contributed by atoms with E-state index in [1.165, 1.54) is 30.5 Å². The van der Waals surface area contributed by atoms with E-state index in [1.54, 1.807) is 30.3 Å². The highest BCUT2D eigenvalue weighted by molar-refractivity contribution is 5.65. The number of rotatable bonds is 7. The minimum atomic E-state index is -4.82. The van der Waals surface area contributed by atoms with E-state index >= 15 is 0 Å². The third kappa shape index (κ3) is 5.03. The number of alkyl halides is 5. The Labute approximate surface area is 199 Å². The predicted molar refractivity (Wildman–Crippen MR) is 116 cm³/mol. The second-order valence-corrected chi connectivity index (χ2v) is 7.60. The van der Waals surface area contributed by atoms with Gasteiger partial charge in [-0.05, 0) is 35.4 Å². The molecule has 36 heavy (non-hydrogen) atoms. The summed E-state index contributed by atoms with van der Waals surface area (Å²) in [4.78, 5) is 0. The Kier molecular flexibility index (Phi) is 5.88. The lowest BCUT2D eigenvalue weighted by Crippen LogP contribution is -2.21. The third-order valence-corrected chi connectivity index (χ3v) is 5.10. The van der Waals surface area contributed by atoms with Crippen LogP contribution >= 0.6 is 0 Å². The van der Waals surface area contributed by atoms with Crippen molar-refractivity contribution in [3.63, 3.8) is 0 Å². The van der Waals surface area contributed by atoms with Gasteiger partial charge in [0, 0.05) is 17.8 Å². The van der Waals surface area contributed by atoms with E-state index in [2.05, 4.69) is 20.1 Å². The molecule has 2 aromatic carbocycles. The van der Waals surface area contributed by atoms with Gasteiger partial charge in [0.15, 0.2) is 11.4 Å². The number of hydrogen-bond donors (Lipinski definition) is 0. The molecule has 184 valence electrons. The highest BCUT2D eigenvalue weighted by Gasteiger charge is 2.39. The lowest BCUT2D eigenvalue weighted by molar-refractivity contribution is -0.274. The average molecular weight is 502 g/mol. The van der Waals surface area contributed by atoms with Crippen LogP contribution in [0.15, 0.2) is 83.5 Å². The van der Waals surface area contributed by atoms with Gasteiger partial charge in [0.2, 0.25) is 5.82 Å². The summed E-state index contributed by atoms with van der Waals surface area (Å²) in [5.74, 6) is -0.773. The Morgan fingerprint density at radius 2 is 1.53 bits per heavy atom. The summed E-state index contributed by atoms with van der Waals surface area (Å²) < 4.78 is 82.0. The van der Waals surface area contributed by atoms with E-state index in [0.717, 1.165) is 22.1 Å². The van der Waals surface area contributed by atoms with Crippen LogP contribution in [0.3, 0.4) is 0 Å². The molecule has 0 radical (unpaired) electrons. The Hall–Kier alpha value is -4.32. The summed E-state index contributed by atoms with van der Waals surface area (Å²) in [6.07, 6.45) is -7.32. The Balaban J connectivity index is 1.35. The zero-order valence-electron chi connectivity index (χ0n) is 18.1. The molecule has 3 heterocycles. The maximum absolute atomic E-state index is 15.0. The molecule has 0 saturated carbocycles. The highest BCUT2D eigenvalue weighted by Crippen LogP contribution is 2.32. The molecule has 0 saturated heterocycles. The van der Waals surface area contributed by atoms with Crippen molar-refractivity contribution in [2.45, 2.75) is 19.1 Å². The third-order valence-electron chi connectivity index (χ3n) is 5.10. The zero-order valence-corrected chi connectivity index (χ0v) is 18.1. The number of ether oxygens (including phenoxy) is 2. The van der Waals surface area contributed by atoms with Gasteiger partial charge in [0.25, 0.3) is 0 Å². The first-order valence-corrected chi connectivity index (χ1v) is 10.4. The van der Waals surface area contributed by atoms with Crippen molar-refractivity contribution >= 4 is 5.65 Å². The molecule has 12 heteroatoms. The van der Waals surface area contributed by atoms with Crippen LogP contribution in [-0.2, 0) is 17.5 Å². The molecule has 0 aliphatic carbocycles. The molecule has 0 N–H and O–H groups in total. The SMILES string of the molecule is FC(F)(F)Oc1ccc(-c2ccc3nnc(C(F)(F)OCc4cc(-c5ccccc5)on4)n3c2)cc1. The molecule has 0 unspecified atom stereocenters. The Morgan fingerprint density at radius 3 is 2.25 bits per heavy atom. The van der Waals surface area contributed by atoms with Crippen LogP contribution in [0.1, 0.15) is 11.5 Å². The van der Waals surface area contributed by atoms with Gasteiger partial charge >= 0.3 is 12.5 Å². The largest absolute Gasteiger partial charge is 0.573 e. The summed E-state index contributed by atoms with van der Waals surface area (Å²) in [6, 6.07) is 18.5. The first kappa shape index (κ1) is 23.4. The van der Waals surface area contributed by atoms with Crippen LogP contribution in [0.4, 0.5) is 22.0 Å². The maximum atomic E-state index is 15.0. The van der Waals surface area contributed by atoms with Crippen LogP contribution < -0.4 is 4.74 Å². The number of aromatic nitrogens is 4. The molecule has 3 aromatic heterocycles. The summed E-state index contributed by atoms with van der Waals surface area (Å²) >= 11 is 0. The van der Waals surface area contributed by atoms with Gasteiger partial charge in [0.1, 0.15) is 11.4 Å². The van der Waals surface area contributed by atoms with Crippen LogP contribution in [-0.4, -0.2) is 26.1 Å². The van der Waals surface area contributed by atoms with Gasteiger partial charge in [0.05, 0.1) is 6.61 Å². The molecule has 0 atom stereocenters. The summed E-state index contributed by atoms with van der Waals surface area (Å²) in [6.45, 7) is -0.557. The van der Waals surface area contributed by atoms with E-state index in [-0.39, 0.29) is 11.3 Å². The number of hydrogen-bond acceptors (Lipinski definition) is 6. The minimum absolute atomic E-state index is 0.127. The number of pyridine rings is 1. The number of halogens is 5. The van der Waals surface area contributed by atoms with E-state index < -0.39 is 30.7 Å². The molecular formula is C24H15F5N4O3. The van der Waals surface area contributed by atoms with E-state index in [4.69, 9.17) is 9.26 Å². The Morgan fingerprint density at radius 1 is 0.806 bits per heavy atom. The zero-order chi connectivity index (χ0) is 25.3. The molecule has 0 aliphatic rings. The number of benzene rings is 2. The summed E-state index contributed by atoms with van der Waals surface area (Å²) in [5.41, 5.74) is 1.91. The molecule has 0 fully saturated rings. The van der Waals surface area contributed by atoms with Gasteiger partial charge < -0.3 is 14.0 Å². The van der Waals surface area contributed by atoms with Gasteiger partial charge in [-0.2, -0.15) is 8.78 Å². The summed E-state index contributed by atoms with van der Waals surface area (Å²) in [7, 11) is 0. The van der Waals surface area contributed by atoms with E-state index in [9.17, 15) is 22.0 Å².